The molecular weight excluding hydrogens is 618 g/mol. The first-order valence-electron chi connectivity index (χ1n) is 9.23. The van der Waals surface area contributed by atoms with Crippen LogP contribution in [0.15, 0.2) is 84.0 Å². The van der Waals surface area contributed by atoms with Crippen LogP contribution in [0.1, 0.15) is 32.7 Å². The van der Waals surface area contributed by atoms with Crippen molar-refractivity contribution in [3.63, 3.8) is 0 Å². The molecular formula is C24H18I2N2O3. The van der Waals surface area contributed by atoms with Gasteiger partial charge in [0.15, 0.2) is 5.78 Å². The highest BCUT2D eigenvalue weighted by Gasteiger charge is 2.10. The predicted octanol–water partition coefficient (Wildman–Crippen LogP) is 6.06. The van der Waals surface area contributed by atoms with Crippen molar-refractivity contribution in [2.45, 2.75) is 6.42 Å². The summed E-state index contributed by atoms with van der Waals surface area (Å²) >= 11 is 4.22. The summed E-state index contributed by atoms with van der Waals surface area (Å²) in [5, 5.41) is 12.9. The minimum absolute atomic E-state index is 0.0496. The Balaban J connectivity index is 1.60. The summed E-state index contributed by atoms with van der Waals surface area (Å²) in [6, 6.07) is 19.3. The molecule has 1 amide bonds. The molecule has 156 valence electrons. The third kappa shape index (κ3) is 6.47. The molecule has 5 nitrogen and oxygen atoms in total. The number of ketones is 1. The lowest BCUT2D eigenvalue weighted by Crippen LogP contribution is -2.11. The Hall–Kier alpha value is -2.53. The molecule has 0 radical (unpaired) electrons. The highest BCUT2D eigenvalue weighted by Crippen LogP contribution is 2.26. The lowest BCUT2D eigenvalue weighted by molar-refractivity contribution is 0.0991. The first kappa shape index (κ1) is 23.1. The molecule has 7 heteroatoms. The molecule has 0 saturated carbocycles. The monoisotopic (exact) mass is 636 g/mol. The van der Waals surface area contributed by atoms with Gasteiger partial charge in [-0.05, 0) is 93.7 Å². The number of allylic oxidation sites excluding steroid dienone is 1. The van der Waals surface area contributed by atoms with Gasteiger partial charge in [0.1, 0.15) is 5.75 Å². The number of hydrogen-bond acceptors (Lipinski definition) is 4. The van der Waals surface area contributed by atoms with E-state index < -0.39 is 0 Å². The summed E-state index contributed by atoms with van der Waals surface area (Å²) in [6.07, 6.45) is 1.56. The molecule has 0 atom stereocenters. The van der Waals surface area contributed by atoms with Gasteiger partial charge in [-0.1, -0.05) is 24.8 Å². The van der Waals surface area contributed by atoms with Crippen LogP contribution < -0.4 is 5.32 Å². The van der Waals surface area contributed by atoms with Gasteiger partial charge in [-0.3, -0.25) is 14.6 Å². The molecule has 0 aliphatic rings. The number of nitrogens with zero attached hydrogens (tertiary/aromatic N) is 1. The molecule has 2 N–H and O–H groups in total. The average molecular weight is 636 g/mol. The molecule has 3 aromatic rings. The lowest BCUT2D eigenvalue weighted by Gasteiger charge is -2.07. The molecule has 0 aliphatic carbocycles. The highest BCUT2D eigenvalue weighted by molar-refractivity contribution is 14.1. The topological polar surface area (TPSA) is 78.8 Å². The first-order valence-corrected chi connectivity index (χ1v) is 11.4. The van der Waals surface area contributed by atoms with Crippen LogP contribution in [-0.2, 0) is 0 Å². The van der Waals surface area contributed by atoms with Crippen LogP contribution in [-0.4, -0.2) is 23.0 Å². The summed E-state index contributed by atoms with van der Waals surface area (Å²) in [7, 11) is 0. The van der Waals surface area contributed by atoms with Crippen LogP contribution in [0.5, 0.6) is 5.75 Å². The molecule has 0 heterocycles. The normalized spacial score (nSPS) is 10.8. The number of benzene rings is 3. The van der Waals surface area contributed by atoms with Gasteiger partial charge < -0.3 is 10.4 Å². The number of carbonyl (C=O) groups is 2. The summed E-state index contributed by atoms with van der Waals surface area (Å²) in [5.41, 5.74) is 2.63. The zero-order valence-electron chi connectivity index (χ0n) is 16.3. The zero-order chi connectivity index (χ0) is 22.4. The minimum Gasteiger partial charge on any atom is -0.506 e. The number of aliphatic imine (C=N–C) groups is 1. The minimum atomic E-state index is -0.212. The van der Waals surface area contributed by atoms with Crippen molar-refractivity contribution in [2.24, 2.45) is 4.99 Å². The van der Waals surface area contributed by atoms with Crippen LogP contribution in [0.4, 0.5) is 5.69 Å². The van der Waals surface area contributed by atoms with Gasteiger partial charge in [-0.15, -0.1) is 0 Å². The van der Waals surface area contributed by atoms with E-state index in [9.17, 15) is 14.7 Å². The number of anilines is 1. The molecule has 0 saturated heterocycles. The zero-order valence-corrected chi connectivity index (χ0v) is 20.6. The van der Waals surface area contributed by atoms with Crippen molar-refractivity contribution in [1.29, 1.82) is 0 Å². The third-order valence-corrected chi connectivity index (χ3v) is 5.75. The van der Waals surface area contributed by atoms with Crippen molar-refractivity contribution in [3.8, 4) is 5.75 Å². The predicted molar refractivity (Wildman–Crippen MR) is 140 cm³/mol. The molecule has 0 bridgehead atoms. The molecule has 31 heavy (non-hydrogen) atoms. The number of amides is 1. The van der Waals surface area contributed by atoms with E-state index in [1.54, 1.807) is 54.6 Å². The van der Waals surface area contributed by atoms with E-state index in [0.29, 0.717) is 28.1 Å². The van der Waals surface area contributed by atoms with E-state index in [2.05, 4.69) is 62.1 Å². The maximum atomic E-state index is 12.5. The summed E-state index contributed by atoms with van der Waals surface area (Å²) in [6.45, 7) is 3.84. The van der Waals surface area contributed by atoms with E-state index in [-0.39, 0.29) is 23.9 Å². The van der Waals surface area contributed by atoms with Crippen molar-refractivity contribution < 1.29 is 14.7 Å². The Kier molecular flexibility index (Phi) is 7.97. The Morgan fingerprint density at radius 3 is 2.35 bits per heavy atom. The Bertz CT molecular complexity index is 1160. The van der Waals surface area contributed by atoms with Crippen molar-refractivity contribution >= 4 is 68.8 Å². The van der Waals surface area contributed by atoms with Gasteiger partial charge >= 0.3 is 0 Å². The van der Waals surface area contributed by atoms with E-state index in [1.807, 2.05) is 12.1 Å². The van der Waals surface area contributed by atoms with Crippen LogP contribution >= 0.6 is 45.2 Å². The van der Waals surface area contributed by atoms with E-state index >= 15 is 0 Å². The first-order chi connectivity index (χ1) is 14.8. The Labute approximate surface area is 207 Å². The standard InChI is InChI=1S/C24H18I2N2O3/c1-15(27-14-18-12-19(25)13-21(26)23(18)30)11-22(29)16-7-9-20(10-8-16)28-24(31)17-5-3-2-4-6-17/h2-10,12-14,30H,1,11H2,(H,28,31)/b27-14+. The molecule has 3 rings (SSSR count). The maximum absolute atomic E-state index is 12.5. The van der Waals surface area contributed by atoms with Gasteiger partial charge in [0.05, 0.1) is 9.99 Å². The third-order valence-electron chi connectivity index (χ3n) is 4.31. The van der Waals surface area contributed by atoms with Crippen molar-refractivity contribution in [3.05, 3.63) is 103 Å². The second-order valence-corrected chi connectivity index (χ2v) is 9.06. The van der Waals surface area contributed by atoms with Gasteiger partial charge in [-0.2, -0.15) is 0 Å². The molecule has 0 aromatic heterocycles. The largest absolute Gasteiger partial charge is 0.506 e. The fraction of sp³-hybridized carbons (Fsp3) is 0.0417. The van der Waals surface area contributed by atoms with Crippen molar-refractivity contribution in [2.75, 3.05) is 5.32 Å². The van der Waals surface area contributed by atoms with Gasteiger partial charge in [0.25, 0.3) is 5.91 Å². The quantitative estimate of drug-likeness (QED) is 0.188. The number of nitrogens with one attached hydrogen (secondary N) is 1. The number of hydrogen-bond donors (Lipinski definition) is 2. The highest BCUT2D eigenvalue weighted by atomic mass is 127. The Morgan fingerprint density at radius 1 is 1.00 bits per heavy atom. The number of aromatic hydroxyl groups is 1. The fourth-order valence-electron chi connectivity index (χ4n) is 2.71. The maximum Gasteiger partial charge on any atom is 0.255 e. The fourth-order valence-corrected chi connectivity index (χ4v) is 4.60. The van der Waals surface area contributed by atoms with Crippen LogP contribution in [0, 0.1) is 7.14 Å². The number of halogens is 2. The second-order valence-electron chi connectivity index (χ2n) is 6.65. The number of phenolic OH excluding ortho intramolecular Hbond substituents is 1. The van der Waals surface area contributed by atoms with Gasteiger partial charge in [-0.25, -0.2) is 0 Å². The number of rotatable bonds is 7. The molecule has 3 aromatic carbocycles. The van der Waals surface area contributed by atoms with Crippen molar-refractivity contribution in [1.82, 2.24) is 0 Å². The SMILES string of the molecule is C=C(CC(=O)c1ccc(NC(=O)c2ccccc2)cc1)/N=C/c1cc(I)cc(I)c1O. The second kappa shape index (κ2) is 10.7. The summed E-state index contributed by atoms with van der Waals surface area (Å²) < 4.78 is 1.70. The average Bonchev–Trinajstić information content (AvgIpc) is 2.76. The molecule has 0 unspecified atom stereocenters. The van der Waals surface area contributed by atoms with Crippen LogP contribution in [0.2, 0.25) is 0 Å². The molecule has 0 spiro atoms. The Morgan fingerprint density at radius 2 is 1.68 bits per heavy atom. The smallest absolute Gasteiger partial charge is 0.255 e. The molecule has 0 aliphatic heterocycles. The summed E-state index contributed by atoms with van der Waals surface area (Å²) in [4.78, 5) is 29.0. The molecule has 0 fully saturated rings. The number of Topliss-reactive ketones (excluding diaryl/α,β-unsaturated/α-hetero) is 1. The number of phenols is 1. The van der Waals surface area contributed by atoms with Crippen LogP contribution in [0.3, 0.4) is 0 Å². The van der Waals surface area contributed by atoms with Crippen LogP contribution in [0.25, 0.3) is 0 Å². The van der Waals surface area contributed by atoms with E-state index in [0.717, 1.165) is 7.14 Å². The number of carbonyl (C=O) groups excluding carboxylic acids is 2. The lowest BCUT2D eigenvalue weighted by atomic mass is 10.1. The van der Waals surface area contributed by atoms with Gasteiger partial charge in [0, 0.05) is 37.9 Å². The summed E-state index contributed by atoms with van der Waals surface area (Å²) in [5.74, 6) is -0.197. The van der Waals surface area contributed by atoms with E-state index in [4.69, 9.17) is 0 Å². The van der Waals surface area contributed by atoms with E-state index in [1.165, 1.54) is 6.21 Å². The van der Waals surface area contributed by atoms with Gasteiger partial charge in [0.2, 0.25) is 0 Å².